The van der Waals surface area contributed by atoms with Crippen molar-refractivity contribution in [2.75, 3.05) is 6.61 Å². The smallest absolute Gasteiger partial charge is 0.240 e. The zero-order valence-electron chi connectivity index (χ0n) is 16.8. The van der Waals surface area contributed by atoms with Crippen LogP contribution in [0.3, 0.4) is 0 Å². The lowest BCUT2D eigenvalue weighted by atomic mass is 10.1. The highest BCUT2D eigenvalue weighted by Crippen LogP contribution is 2.18. The number of hydrogen-bond donors (Lipinski definition) is 2. The maximum absolute atomic E-state index is 12.5. The molecule has 0 aliphatic carbocycles. The molecular formula is C22H26N4O2S. The molecule has 2 aromatic carbocycles. The van der Waals surface area contributed by atoms with E-state index >= 15 is 0 Å². The van der Waals surface area contributed by atoms with Gasteiger partial charge in [-0.1, -0.05) is 49.2 Å². The molecule has 0 spiro atoms. The first kappa shape index (κ1) is 20.8. The van der Waals surface area contributed by atoms with E-state index in [1.165, 1.54) is 0 Å². The Morgan fingerprint density at radius 1 is 1.24 bits per heavy atom. The van der Waals surface area contributed by atoms with Crippen LogP contribution in [0.2, 0.25) is 0 Å². The topological polar surface area (TPSA) is 71.9 Å². The molecule has 1 heterocycles. The van der Waals surface area contributed by atoms with E-state index in [0.717, 1.165) is 35.3 Å². The van der Waals surface area contributed by atoms with Crippen molar-refractivity contribution in [1.82, 2.24) is 20.1 Å². The number of aromatic nitrogens is 3. The van der Waals surface area contributed by atoms with Gasteiger partial charge in [-0.25, -0.2) is 0 Å². The van der Waals surface area contributed by atoms with Crippen LogP contribution in [-0.4, -0.2) is 27.3 Å². The zero-order valence-corrected chi connectivity index (χ0v) is 17.6. The van der Waals surface area contributed by atoms with E-state index in [2.05, 4.69) is 22.4 Å². The highest BCUT2D eigenvalue weighted by Gasteiger charge is 2.12. The lowest BCUT2D eigenvalue weighted by molar-refractivity contribution is -0.121. The number of amides is 1. The quantitative estimate of drug-likeness (QED) is 0.405. The summed E-state index contributed by atoms with van der Waals surface area (Å²) in [4.78, 5) is 12.5. The minimum Gasteiger partial charge on any atom is -0.494 e. The number of carbonyl (C=O) groups excluding carboxylic acids is 1. The van der Waals surface area contributed by atoms with Crippen LogP contribution in [0.1, 0.15) is 30.9 Å². The van der Waals surface area contributed by atoms with Crippen LogP contribution in [0.5, 0.6) is 5.75 Å². The van der Waals surface area contributed by atoms with Gasteiger partial charge in [0.15, 0.2) is 10.6 Å². The second-order valence-electron chi connectivity index (χ2n) is 6.93. The highest BCUT2D eigenvalue weighted by molar-refractivity contribution is 7.71. The van der Waals surface area contributed by atoms with Crippen LogP contribution >= 0.6 is 12.2 Å². The number of nitrogens with one attached hydrogen (secondary N) is 2. The van der Waals surface area contributed by atoms with E-state index in [9.17, 15) is 4.79 Å². The maximum Gasteiger partial charge on any atom is 0.240 e. The summed E-state index contributed by atoms with van der Waals surface area (Å²) >= 11 is 5.32. The highest BCUT2D eigenvalue weighted by atomic mass is 32.1. The minimum atomic E-state index is -0.131. The monoisotopic (exact) mass is 410 g/mol. The molecule has 3 aromatic rings. The number of unbranched alkanes of at least 4 members (excludes halogenated alkanes) is 1. The van der Waals surface area contributed by atoms with Gasteiger partial charge in [0.05, 0.1) is 6.61 Å². The molecule has 0 unspecified atom stereocenters. The van der Waals surface area contributed by atoms with Crippen LogP contribution in [0.25, 0.3) is 11.4 Å². The molecule has 0 aliphatic rings. The van der Waals surface area contributed by atoms with Gasteiger partial charge < -0.3 is 10.1 Å². The van der Waals surface area contributed by atoms with E-state index < -0.39 is 0 Å². The second-order valence-corrected chi connectivity index (χ2v) is 7.32. The molecule has 0 fully saturated rings. The summed E-state index contributed by atoms with van der Waals surface area (Å²) in [6, 6.07) is 15.7. The van der Waals surface area contributed by atoms with Crippen LogP contribution in [0.4, 0.5) is 0 Å². The van der Waals surface area contributed by atoms with Crippen LogP contribution < -0.4 is 10.1 Å². The van der Waals surface area contributed by atoms with Gasteiger partial charge >= 0.3 is 0 Å². The van der Waals surface area contributed by atoms with E-state index in [1.54, 1.807) is 4.57 Å². The summed E-state index contributed by atoms with van der Waals surface area (Å²) in [5, 5.41) is 10.0. The number of rotatable bonds is 9. The van der Waals surface area contributed by atoms with Crippen LogP contribution in [-0.2, 0) is 17.9 Å². The molecular weight excluding hydrogens is 384 g/mol. The summed E-state index contributed by atoms with van der Waals surface area (Å²) in [7, 11) is 0. The molecule has 0 bridgehead atoms. The van der Waals surface area contributed by atoms with Crippen molar-refractivity contribution in [3.8, 4) is 17.1 Å². The molecule has 0 radical (unpaired) electrons. The molecule has 0 aliphatic heterocycles. The molecule has 0 atom stereocenters. The van der Waals surface area contributed by atoms with Crippen LogP contribution in [0, 0.1) is 11.7 Å². The summed E-state index contributed by atoms with van der Waals surface area (Å²) in [5.41, 5.74) is 3.03. The average Bonchev–Trinajstić information content (AvgIpc) is 3.07. The van der Waals surface area contributed by atoms with Crippen molar-refractivity contribution >= 4 is 18.1 Å². The van der Waals surface area contributed by atoms with Gasteiger partial charge in [0.25, 0.3) is 0 Å². The summed E-state index contributed by atoms with van der Waals surface area (Å²) in [5.74, 6) is 1.35. The fourth-order valence-corrected chi connectivity index (χ4v) is 3.15. The maximum atomic E-state index is 12.5. The molecule has 6 nitrogen and oxygen atoms in total. The predicted molar refractivity (Wildman–Crippen MR) is 116 cm³/mol. The standard InChI is InChI=1S/C22H26N4O2S/c1-3-4-11-28-19-10-6-8-17(13-19)14-23-20(27)15-26-21(24-25-22(26)29)18-9-5-7-16(2)12-18/h5-10,12-13H,3-4,11,14-15H2,1-2H3,(H,23,27)(H,25,29). The number of carbonyl (C=O) groups is 1. The van der Waals surface area contributed by atoms with Gasteiger partial charge in [0.2, 0.25) is 5.91 Å². The summed E-state index contributed by atoms with van der Waals surface area (Å²) in [6.45, 7) is 5.38. The van der Waals surface area contributed by atoms with E-state index in [-0.39, 0.29) is 12.5 Å². The normalized spacial score (nSPS) is 10.7. The molecule has 152 valence electrons. The van der Waals surface area contributed by atoms with Gasteiger partial charge in [0, 0.05) is 12.1 Å². The predicted octanol–water partition coefficient (Wildman–Crippen LogP) is 4.41. The summed E-state index contributed by atoms with van der Waals surface area (Å²) in [6.07, 6.45) is 2.12. The number of hydrogen-bond acceptors (Lipinski definition) is 4. The Bertz CT molecular complexity index is 1030. The Morgan fingerprint density at radius 2 is 2.07 bits per heavy atom. The minimum absolute atomic E-state index is 0.102. The van der Waals surface area contributed by atoms with Crippen molar-refractivity contribution in [3.05, 3.63) is 64.4 Å². The number of nitrogens with zero attached hydrogens (tertiary/aromatic N) is 2. The first-order chi connectivity index (χ1) is 14.1. The van der Waals surface area contributed by atoms with Gasteiger partial charge in [-0.15, -0.1) is 0 Å². The molecule has 2 N–H and O–H groups in total. The number of benzene rings is 2. The molecule has 1 amide bonds. The van der Waals surface area contributed by atoms with Crippen molar-refractivity contribution in [2.45, 2.75) is 39.8 Å². The molecule has 7 heteroatoms. The Labute approximate surface area is 175 Å². The molecule has 29 heavy (non-hydrogen) atoms. The van der Waals surface area contributed by atoms with E-state index in [1.807, 2.05) is 55.5 Å². The lowest BCUT2D eigenvalue weighted by Gasteiger charge is -2.10. The third-order valence-corrected chi connectivity index (χ3v) is 4.80. The molecule has 0 saturated carbocycles. The van der Waals surface area contributed by atoms with Gasteiger partial charge in [0.1, 0.15) is 12.3 Å². The first-order valence-electron chi connectivity index (χ1n) is 9.77. The fraction of sp³-hybridized carbons (Fsp3) is 0.318. The molecule has 3 rings (SSSR count). The van der Waals surface area contributed by atoms with Crippen molar-refractivity contribution in [2.24, 2.45) is 0 Å². The van der Waals surface area contributed by atoms with Crippen LogP contribution in [0.15, 0.2) is 48.5 Å². The van der Waals surface area contributed by atoms with Crippen molar-refractivity contribution < 1.29 is 9.53 Å². The third-order valence-electron chi connectivity index (χ3n) is 4.49. The Kier molecular flexibility index (Phi) is 7.19. The van der Waals surface area contributed by atoms with Crippen molar-refractivity contribution in [1.29, 1.82) is 0 Å². The number of aromatic amines is 1. The lowest BCUT2D eigenvalue weighted by Crippen LogP contribution is -2.27. The zero-order chi connectivity index (χ0) is 20.6. The number of H-pyrrole nitrogens is 1. The largest absolute Gasteiger partial charge is 0.494 e. The molecule has 1 aromatic heterocycles. The third kappa shape index (κ3) is 5.77. The van der Waals surface area contributed by atoms with E-state index in [0.29, 0.717) is 23.7 Å². The Balaban J connectivity index is 1.63. The molecule has 0 saturated heterocycles. The van der Waals surface area contributed by atoms with Crippen molar-refractivity contribution in [3.63, 3.8) is 0 Å². The SMILES string of the molecule is CCCCOc1cccc(CNC(=O)Cn2c(-c3cccc(C)c3)n[nH]c2=S)c1. The second kappa shape index (κ2) is 10.0. The van der Waals surface area contributed by atoms with Gasteiger partial charge in [-0.2, -0.15) is 5.10 Å². The summed E-state index contributed by atoms with van der Waals surface area (Å²) < 4.78 is 7.86. The fourth-order valence-electron chi connectivity index (χ4n) is 2.95. The number of ether oxygens (including phenoxy) is 1. The number of aryl methyl sites for hydroxylation is 1. The van der Waals surface area contributed by atoms with Gasteiger partial charge in [-0.3, -0.25) is 14.5 Å². The average molecular weight is 411 g/mol. The Hall–Kier alpha value is -2.93. The first-order valence-corrected chi connectivity index (χ1v) is 10.2. The van der Waals surface area contributed by atoms with E-state index in [4.69, 9.17) is 17.0 Å². The van der Waals surface area contributed by atoms with Gasteiger partial charge in [-0.05, 0) is 49.3 Å². The Morgan fingerprint density at radius 3 is 2.86 bits per heavy atom.